The zero-order chi connectivity index (χ0) is 17.2. The second-order valence-electron chi connectivity index (χ2n) is 6.15. The molecule has 24 heavy (non-hydrogen) atoms. The van der Waals surface area contributed by atoms with Crippen LogP contribution in [0.25, 0.3) is 0 Å². The Morgan fingerprint density at radius 3 is 2.54 bits per heavy atom. The summed E-state index contributed by atoms with van der Waals surface area (Å²) < 4.78 is 38.6. The van der Waals surface area contributed by atoms with E-state index in [1.807, 2.05) is 18.2 Å². The topological polar surface area (TPSA) is 23.5 Å². The fourth-order valence-electron chi connectivity index (χ4n) is 3.19. The number of benzene rings is 2. The van der Waals surface area contributed by atoms with Crippen molar-refractivity contribution in [3.63, 3.8) is 0 Å². The van der Waals surface area contributed by atoms with E-state index in [1.165, 1.54) is 11.6 Å². The Kier molecular flexibility index (Phi) is 4.81. The van der Waals surface area contributed by atoms with Crippen LogP contribution in [0.15, 0.2) is 48.5 Å². The van der Waals surface area contributed by atoms with E-state index in [9.17, 15) is 18.3 Å². The summed E-state index contributed by atoms with van der Waals surface area (Å²) >= 11 is 0. The van der Waals surface area contributed by atoms with Crippen LogP contribution in [0.3, 0.4) is 0 Å². The summed E-state index contributed by atoms with van der Waals surface area (Å²) in [6.45, 7) is 1.42. The normalized spacial score (nSPS) is 17.7. The van der Waals surface area contributed by atoms with Crippen LogP contribution in [-0.4, -0.2) is 18.2 Å². The highest BCUT2D eigenvalue weighted by atomic mass is 19.4. The van der Waals surface area contributed by atoms with Gasteiger partial charge in [-0.1, -0.05) is 30.3 Å². The van der Waals surface area contributed by atoms with Crippen LogP contribution in [0.5, 0.6) is 0 Å². The molecule has 0 aromatic heterocycles. The largest absolute Gasteiger partial charge is 0.416 e. The lowest BCUT2D eigenvalue weighted by atomic mass is 9.96. The predicted octanol–water partition coefficient (Wildman–Crippen LogP) is 4.58. The lowest BCUT2D eigenvalue weighted by Gasteiger charge is -2.34. The fraction of sp³-hybridized carbons (Fsp3) is 0.368. The molecule has 2 nitrogen and oxygen atoms in total. The molecule has 1 N–H and O–H groups in total. The number of aliphatic hydroxyl groups is 1. The first-order chi connectivity index (χ1) is 11.4. The van der Waals surface area contributed by atoms with Gasteiger partial charge in [-0.3, -0.25) is 0 Å². The molecule has 0 aliphatic carbocycles. The number of alkyl halides is 3. The maximum absolute atomic E-state index is 12.9. The third-order valence-electron chi connectivity index (χ3n) is 4.46. The Balaban J connectivity index is 1.72. The third kappa shape index (κ3) is 3.73. The van der Waals surface area contributed by atoms with Crippen molar-refractivity contribution in [3.05, 3.63) is 65.2 Å². The van der Waals surface area contributed by atoms with Gasteiger partial charge in [-0.25, -0.2) is 0 Å². The van der Waals surface area contributed by atoms with E-state index in [-0.39, 0.29) is 0 Å². The summed E-state index contributed by atoms with van der Waals surface area (Å²) in [5, 5.41) is 10.1. The summed E-state index contributed by atoms with van der Waals surface area (Å²) in [7, 11) is 0. The maximum atomic E-state index is 12.9. The average molecular weight is 335 g/mol. The minimum absolute atomic E-state index is 0.385. The van der Waals surface area contributed by atoms with E-state index in [1.54, 1.807) is 0 Å². The maximum Gasteiger partial charge on any atom is 0.416 e. The first-order valence-electron chi connectivity index (χ1n) is 8.13. The second-order valence-corrected chi connectivity index (χ2v) is 6.15. The molecule has 1 heterocycles. The summed E-state index contributed by atoms with van der Waals surface area (Å²) in [4.78, 5) is 2.07. The predicted molar refractivity (Wildman–Crippen MR) is 88.0 cm³/mol. The van der Waals surface area contributed by atoms with Crippen molar-refractivity contribution in [2.24, 2.45) is 0 Å². The van der Waals surface area contributed by atoms with Crippen molar-refractivity contribution >= 4 is 5.69 Å². The Morgan fingerprint density at radius 2 is 1.83 bits per heavy atom. The fourth-order valence-corrected chi connectivity index (χ4v) is 3.19. The molecular formula is C19H20F3NO. The Labute approximate surface area is 139 Å². The number of anilines is 1. The van der Waals surface area contributed by atoms with E-state index >= 15 is 0 Å². The number of aryl methyl sites for hydroxylation is 1. The molecule has 0 radical (unpaired) electrons. The van der Waals surface area contributed by atoms with Gasteiger partial charge in [0.25, 0.3) is 0 Å². The van der Waals surface area contributed by atoms with Crippen LogP contribution in [0.1, 0.15) is 35.6 Å². The number of hydrogen-bond acceptors (Lipinski definition) is 2. The van der Waals surface area contributed by atoms with Gasteiger partial charge in [0, 0.05) is 24.3 Å². The van der Waals surface area contributed by atoms with E-state index < -0.39 is 17.8 Å². The van der Waals surface area contributed by atoms with Crippen LogP contribution < -0.4 is 4.90 Å². The number of halogens is 3. The van der Waals surface area contributed by atoms with Crippen molar-refractivity contribution in [1.82, 2.24) is 0 Å². The minimum Gasteiger partial charge on any atom is -0.388 e. The van der Waals surface area contributed by atoms with Crippen molar-refractivity contribution in [2.45, 2.75) is 31.5 Å². The molecular weight excluding hydrogens is 315 g/mol. The molecule has 1 atom stereocenters. The standard InChI is InChI=1S/C19H20F3NO/c20-19(21,22)15-8-9-17-16(13-15)18(24)10-12-23(17)11-4-7-14-5-2-1-3-6-14/h1-3,5-6,8-9,13,18,24H,4,7,10-12H2. The van der Waals surface area contributed by atoms with E-state index in [0.717, 1.165) is 37.2 Å². The number of nitrogens with zero attached hydrogens (tertiary/aromatic N) is 1. The van der Waals surface area contributed by atoms with E-state index in [0.29, 0.717) is 18.5 Å². The molecule has 0 saturated carbocycles. The lowest BCUT2D eigenvalue weighted by molar-refractivity contribution is -0.137. The molecule has 2 aromatic rings. The summed E-state index contributed by atoms with van der Waals surface area (Å²) in [5.74, 6) is 0. The van der Waals surface area contributed by atoms with Gasteiger partial charge >= 0.3 is 6.18 Å². The highest BCUT2D eigenvalue weighted by Crippen LogP contribution is 2.38. The molecule has 128 valence electrons. The van der Waals surface area contributed by atoms with Crippen molar-refractivity contribution < 1.29 is 18.3 Å². The molecule has 0 amide bonds. The smallest absolute Gasteiger partial charge is 0.388 e. The number of aliphatic hydroxyl groups excluding tert-OH is 1. The molecule has 1 aliphatic heterocycles. The van der Waals surface area contributed by atoms with Crippen molar-refractivity contribution in [2.75, 3.05) is 18.0 Å². The van der Waals surface area contributed by atoms with Gasteiger partial charge in [-0.05, 0) is 43.0 Å². The van der Waals surface area contributed by atoms with E-state index in [2.05, 4.69) is 17.0 Å². The number of rotatable bonds is 4. The molecule has 1 unspecified atom stereocenters. The molecule has 0 spiro atoms. The average Bonchev–Trinajstić information content (AvgIpc) is 2.57. The van der Waals surface area contributed by atoms with Crippen molar-refractivity contribution in [3.8, 4) is 0 Å². The van der Waals surface area contributed by atoms with E-state index in [4.69, 9.17) is 0 Å². The van der Waals surface area contributed by atoms with Gasteiger partial charge in [0.2, 0.25) is 0 Å². The quantitative estimate of drug-likeness (QED) is 0.884. The van der Waals surface area contributed by atoms with Gasteiger partial charge in [-0.15, -0.1) is 0 Å². The van der Waals surface area contributed by atoms with Gasteiger partial charge in [-0.2, -0.15) is 13.2 Å². The summed E-state index contributed by atoms with van der Waals surface area (Å²) in [5.41, 5.74) is 1.65. The van der Waals surface area contributed by atoms with Crippen LogP contribution in [-0.2, 0) is 12.6 Å². The zero-order valence-corrected chi connectivity index (χ0v) is 13.3. The first-order valence-corrected chi connectivity index (χ1v) is 8.13. The SMILES string of the molecule is OC1CCN(CCCc2ccccc2)c2ccc(C(F)(F)F)cc21. The molecule has 0 fully saturated rings. The van der Waals surface area contributed by atoms with Crippen LogP contribution in [0.2, 0.25) is 0 Å². The first kappa shape index (κ1) is 16.8. The van der Waals surface area contributed by atoms with Gasteiger partial charge < -0.3 is 10.0 Å². The Hall–Kier alpha value is -2.01. The Bertz CT molecular complexity index is 685. The monoisotopic (exact) mass is 335 g/mol. The molecule has 3 rings (SSSR count). The molecule has 0 bridgehead atoms. The van der Waals surface area contributed by atoms with Crippen molar-refractivity contribution in [1.29, 1.82) is 0 Å². The minimum atomic E-state index is -4.38. The number of hydrogen-bond donors (Lipinski definition) is 1. The summed E-state index contributed by atoms with van der Waals surface area (Å²) in [6.07, 6.45) is -2.91. The Morgan fingerprint density at radius 1 is 1.08 bits per heavy atom. The molecule has 1 aliphatic rings. The van der Waals surface area contributed by atoms with Crippen LogP contribution in [0.4, 0.5) is 18.9 Å². The van der Waals surface area contributed by atoms with Gasteiger partial charge in [0.05, 0.1) is 11.7 Å². The summed E-state index contributed by atoms with van der Waals surface area (Å²) in [6, 6.07) is 13.8. The highest BCUT2D eigenvalue weighted by molar-refractivity contribution is 5.58. The molecule has 0 saturated heterocycles. The van der Waals surface area contributed by atoms with Gasteiger partial charge in [0.1, 0.15) is 0 Å². The zero-order valence-electron chi connectivity index (χ0n) is 13.3. The van der Waals surface area contributed by atoms with Gasteiger partial charge in [0.15, 0.2) is 0 Å². The van der Waals surface area contributed by atoms with Crippen LogP contribution >= 0.6 is 0 Å². The lowest BCUT2D eigenvalue weighted by Crippen LogP contribution is -2.32. The van der Waals surface area contributed by atoms with Crippen LogP contribution in [0, 0.1) is 0 Å². The number of fused-ring (bicyclic) bond motifs is 1. The molecule has 2 aromatic carbocycles. The highest BCUT2D eigenvalue weighted by Gasteiger charge is 2.33. The molecule has 5 heteroatoms. The second kappa shape index (κ2) is 6.85. The third-order valence-corrected chi connectivity index (χ3v) is 4.46.